The molecule has 3 rings (SSSR count). The third-order valence-electron chi connectivity index (χ3n) is 2.95. The van der Waals surface area contributed by atoms with Crippen molar-refractivity contribution in [2.45, 2.75) is 6.92 Å². The number of aromatic amines is 1. The van der Waals surface area contributed by atoms with E-state index in [0.717, 1.165) is 11.0 Å². The maximum atomic E-state index is 12.3. The van der Waals surface area contributed by atoms with Crippen LogP contribution in [-0.2, 0) is 0 Å². The number of nitrogens with one attached hydrogen (secondary N) is 2. The van der Waals surface area contributed by atoms with E-state index in [2.05, 4.69) is 20.3 Å². The van der Waals surface area contributed by atoms with Crippen molar-refractivity contribution in [3.8, 4) is 5.88 Å². The number of amides is 1. The van der Waals surface area contributed by atoms with E-state index in [9.17, 15) is 4.79 Å². The summed E-state index contributed by atoms with van der Waals surface area (Å²) in [6.07, 6.45) is 0. The van der Waals surface area contributed by atoms with Gasteiger partial charge < -0.3 is 9.72 Å². The Kier molecular flexibility index (Phi) is 3.93. The average molecular weight is 317 g/mol. The molecule has 1 aromatic carbocycles. The van der Waals surface area contributed by atoms with Crippen molar-refractivity contribution in [2.24, 2.45) is 0 Å². The summed E-state index contributed by atoms with van der Waals surface area (Å²) in [4.78, 5) is 23.7. The molecule has 0 unspecified atom stereocenters. The number of benzene rings is 1. The van der Waals surface area contributed by atoms with E-state index >= 15 is 0 Å². The Hall–Kier alpha value is -2.60. The molecule has 1 amide bonds. The minimum absolute atomic E-state index is 0.0908. The minimum Gasteiger partial charge on any atom is -0.478 e. The van der Waals surface area contributed by atoms with Crippen LogP contribution in [-0.4, -0.2) is 27.5 Å². The van der Waals surface area contributed by atoms with Crippen LogP contribution in [0.3, 0.4) is 0 Å². The summed E-state index contributed by atoms with van der Waals surface area (Å²) < 4.78 is 5.28. The van der Waals surface area contributed by atoms with Gasteiger partial charge in [0.15, 0.2) is 5.69 Å². The number of H-pyrrole nitrogens is 1. The number of fused-ring (bicyclic) bond motifs is 1. The number of ether oxygens (including phenoxy) is 1. The number of hydrogen-bond acceptors (Lipinski definition) is 4. The lowest BCUT2D eigenvalue weighted by Gasteiger charge is -2.06. The monoisotopic (exact) mass is 316 g/mol. The first-order valence-electron chi connectivity index (χ1n) is 6.73. The second kappa shape index (κ2) is 6.03. The van der Waals surface area contributed by atoms with Crippen LogP contribution in [0.2, 0.25) is 5.02 Å². The highest BCUT2D eigenvalue weighted by molar-refractivity contribution is 6.34. The van der Waals surface area contributed by atoms with Crippen LogP contribution in [0.5, 0.6) is 5.88 Å². The second-order valence-corrected chi connectivity index (χ2v) is 4.88. The lowest BCUT2D eigenvalue weighted by Crippen LogP contribution is -2.15. The highest BCUT2D eigenvalue weighted by Gasteiger charge is 2.15. The predicted octanol–water partition coefficient (Wildman–Crippen LogP) is 3.26. The molecule has 2 N–H and O–H groups in total. The molecule has 0 spiro atoms. The highest BCUT2D eigenvalue weighted by atomic mass is 35.5. The van der Waals surface area contributed by atoms with Gasteiger partial charge in [-0.3, -0.25) is 10.1 Å². The molecule has 2 aromatic heterocycles. The van der Waals surface area contributed by atoms with Gasteiger partial charge >= 0.3 is 0 Å². The molecule has 0 bridgehead atoms. The molecule has 0 aliphatic heterocycles. The van der Waals surface area contributed by atoms with E-state index in [1.807, 2.05) is 31.2 Å². The Balaban J connectivity index is 1.86. The molecule has 0 saturated heterocycles. The van der Waals surface area contributed by atoms with E-state index in [-0.39, 0.29) is 10.7 Å². The number of hydrogen-bond donors (Lipinski definition) is 2. The van der Waals surface area contributed by atoms with E-state index in [4.69, 9.17) is 16.3 Å². The van der Waals surface area contributed by atoms with Crippen LogP contribution in [0.1, 0.15) is 17.4 Å². The van der Waals surface area contributed by atoms with Crippen molar-refractivity contribution >= 4 is 34.5 Å². The quantitative estimate of drug-likeness (QED) is 0.774. The van der Waals surface area contributed by atoms with Gasteiger partial charge in [-0.15, -0.1) is 0 Å². The molecule has 112 valence electrons. The number of aromatic nitrogens is 3. The Bertz CT molecular complexity index is 798. The number of imidazole rings is 1. The minimum atomic E-state index is -0.453. The van der Waals surface area contributed by atoms with Crippen LogP contribution in [0.4, 0.5) is 5.95 Å². The molecule has 0 aliphatic carbocycles. The summed E-state index contributed by atoms with van der Waals surface area (Å²) in [6, 6.07) is 10.7. The number of pyridine rings is 1. The summed E-state index contributed by atoms with van der Waals surface area (Å²) in [7, 11) is 0. The van der Waals surface area contributed by atoms with Crippen LogP contribution >= 0.6 is 11.6 Å². The van der Waals surface area contributed by atoms with Gasteiger partial charge in [0, 0.05) is 6.07 Å². The number of anilines is 1. The van der Waals surface area contributed by atoms with Crippen LogP contribution in [0.25, 0.3) is 11.0 Å². The maximum absolute atomic E-state index is 12.3. The fourth-order valence-corrected chi connectivity index (χ4v) is 2.18. The van der Waals surface area contributed by atoms with Crippen molar-refractivity contribution < 1.29 is 9.53 Å². The molecule has 0 aliphatic rings. The SMILES string of the molecule is CCOc1ccc(Cl)c(C(=O)Nc2nc3ccccc3[nH]2)n1. The molecule has 22 heavy (non-hydrogen) atoms. The summed E-state index contributed by atoms with van der Waals surface area (Å²) >= 11 is 6.03. The first-order valence-corrected chi connectivity index (χ1v) is 7.10. The summed E-state index contributed by atoms with van der Waals surface area (Å²) in [5.41, 5.74) is 1.69. The average Bonchev–Trinajstić information content (AvgIpc) is 2.91. The van der Waals surface area contributed by atoms with Crippen LogP contribution in [0, 0.1) is 0 Å². The first kappa shape index (κ1) is 14.3. The maximum Gasteiger partial charge on any atom is 0.278 e. The molecule has 0 saturated carbocycles. The number of carbonyl (C=O) groups is 1. The lowest BCUT2D eigenvalue weighted by molar-refractivity contribution is 0.102. The molecule has 0 fully saturated rings. The van der Waals surface area contributed by atoms with E-state index < -0.39 is 5.91 Å². The molecule has 2 heterocycles. The number of para-hydroxylation sites is 2. The smallest absolute Gasteiger partial charge is 0.278 e. The molecule has 7 heteroatoms. The van der Waals surface area contributed by atoms with Crippen molar-refractivity contribution in [2.75, 3.05) is 11.9 Å². The standard InChI is InChI=1S/C15H13ClN4O2/c1-2-22-12-8-7-9(16)13(19-12)14(21)20-15-17-10-5-3-4-6-11(10)18-15/h3-8H,2H2,1H3,(H2,17,18,20,21). The Morgan fingerprint density at radius 1 is 1.27 bits per heavy atom. The van der Waals surface area contributed by atoms with Gasteiger partial charge in [0.05, 0.1) is 22.7 Å². The molecule has 0 radical (unpaired) electrons. The zero-order valence-corrected chi connectivity index (χ0v) is 12.5. The molecule has 3 aromatic rings. The van der Waals surface area contributed by atoms with Gasteiger partial charge in [0.1, 0.15) is 0 Å². The molecular weight excluding hydrogens is 304 g/mol. The second-order valence-electron chi connectivity index (χ2n) is 4.47. The fourth-order valence-electron chi connectivity index (χ4n) is 1.99. The van der Waals surface area contributed by atoms with E-state index in [0.29, 0.717) is 18.4 Å². The van der Waals surface area contributed by atoms with Crippen molar-refractivity contribution in [3.05, 3.63) is 47.1 Å². The zero-order chi connectivity index (χ0) is 15.5. The Morgan fingerprint density at radius 3 is 2.86 bits per heavy atom. The summed E-state index contributed by atoms with van der Waals surface area (Å²) in [6.45, 7) is 2.30. The number of carbonyl (C=O) groups excluding carboxylic acids is 1. The summed E-state index contributed by atoms with van der Waals surface area (Å²) in [5.74, 6) is 0.234. The lowest BCUT2D eigenvalue weighted by atomic mass is 10.3. The number of nitrogens with zero attached hydrogens (tertiary/aromatic N) is 2. The zero-order valence-electron chi connectivity index (χ0n) is 11.8. The van der Waals surface area contributed by atoms with Gasteiger partial charge in [-0.2, -0.15) is 0 Å². The summed E-state index contributed by atoms with van der Waals surface area (Å²) in [5, 5.41) is 2.90. The number of halogens is 1. The van der Waals surface area contributed by atoms with E-state index in [1.54, 1.807) is 12.1 Å². The van der Waals surface area contributed by atoms with E-state index in [1.165, 1.54) is 0 Å². The van der Waals surface area contributed by atoms with Crippen molar-refractivity contribution in [1.29, 1.82) is 0 Å². The molecule has 0 atom stereocenters. The largest absolute Gasteiger partial charge is 0.478 e. The Labute approximate surface area is 131 Å². The van der Waals surface area contributed by atoms with Gasteiger partial charge in [0.2, 0.25) is 11.8 Å². The third-order valence-corrected chi connectivity index (χ3v) is 3.25. The van der Waals surface area contributed by atoms with Crippen molar-refractivity contribution in [3.63, 3.8) is 0 Å². The van der Waals surface area contributed by atoms with Gasteiger partial charge in [-0.1, -0.05) is 23.7 Å². The van der Waals surface area contributed by atoms with Gasteiger partial charge in [-0.25, -0.2) is 9.97 Å². The molecular formula is C15H13ClN4O2. The normalized spacial score (nSPS) is 10.6. The highest BCUT2D eigenvalue weighted by Crippen LogP contribution is 2.20. The molecule has 6 nitrogen and oxygen atoms in total. The van der Waals surface area contributed by atoms with Gasteiger partial charge in [0.25, 0.3) is 5.91 Å². The third kappa shape index (κ3) is 2.87. The van der Waals surface area contributed by atoms with Crippen LogP contribution < -0.4 is 10.1 Å². The Morgan fingerprint density at radius 2 is 2.09 bits per heavy atom. The van der Waals surface area contributed by atoms with Crippen molar-refractivity contribution in [1.82, 2.24) is 15.0 Å². The fraction of sp³-hybridized carbons (Fsp3) is 0.133. The van der Waals surface area contributed by atoms with Gasteiger partial charge in [-0.05, 0) is 25.1 Å². The predicted molar refractivity (Wildman–Crippen MR) is 84.5 cm³/mol. The van der Waals surface area contributed by atoms with Crippen LogP contribution in [0.15, 0.2) is 36.4 Å². The first-order chi connectivity index (χ1) is 10.7. The number of rotatable bonds is 4. The topological polar surface area (TPSA) is 79.9 Å².